The molecule has 0 aliphatic carbocycles. The third-order valence-corrected chi connectivity index (χ3v) is 3.19. The number of carbonyl (C=O) groups excluding carboxylic acids is 1. The van der Waals surface area contributed by atoms with Gasteiger partial charge in [0, 0.05) is 11.1 Å². The van der Waals surface area contributed by atoms with E-state index < -0.39 is 0 Å². The molecule has 0 bridgehead atoms. The number of nitrogens with zero attached hydrogens (tertiary/aromatic N) is 1. The van der Waals surface area contributed by atoms with E-state index in [1.165, 1.54) is 5.56 Å². The second-order valence-corrected chi connectivity index (χ2v) is 4.28. The van der Waals surface area contributed by atoms with Crippen LogP contribution < -0.4 is 0 Å². The van der Waals surface area contributed by atoms with Gasteiger partial charge in [-0.1, -0.05) is 24.3 Å². The van der Waals surface area contributed by atoms with E-state index in [9.17, 15) is 4.79 Å². The van der Waals surface area contributed by atoms with Gasteiger partial charge in [0.1, 0.15) is 6.29 Å². The molecule has 0 amide bonds. The first-order valence-corrected chi connectivity index (χ1v) is 5.73. The number of nitriles is 1. The molecule has 0 saturated carbocycles. The van der Waals surface area contributed by atoms with Crippen molar-refractivity contribution in [2.45, 2.75) is 13.8 Å². The highest BCUT2D eigenvalue weighted by Crippen LogP contribution is 2.28. The van der Waals surface area contributed by atoms with E-state index in [0.29, 0.717) is 11.1 Å². The van der Waals surface area contributed by atoms with Crippen molar-refractivity contribution in [1.82, 2.24) is 0 Å². The van der Waals surface area contributed by atoms with Gasteiger partial charge in [-0.05, 0) is 42.7 Å². The van der Waals surface area contributed by atoms with Crippen LogP contribution in [0.4, 0.5) is 0 Å². The molecular formula is C16H13NO. The van der Waals surface area contributed by atoms with Crippen molar-refractivity contribution in [3.8, 4) is 17.2 Å². The molecule has 2 aromatic rings. The normalized spacial score (nSPS) is 9.83. The van der Waals surface area contributed by atoms with E-state index in [-0.39, 0.29) is 0 Å². The van der Waals surface area contributed by atoms with Gasteiger partial charge in [-0.3, -0.25) is 4.79 Å². The number of rotatable bonds is 2. The van der Waals surface area contributed by atoms with Gasteiger partial charge in [0.25, 0.3) is 0 Å². The van der Waals surface area contributed by atoms with E-state index in [1.807, 2.05) is 32.0 Å². The summed E-state index contributed by atoms with van der Waals surface area (Å²) < 4.78 is 0. The number of benzene rings is 2. The predicted octanol–water partition coefficient (Wildman–Crippen LogP) is 3.65. The summed E-state index contributed by atoms with van der Waals surface area (Å²) in [5.41, 5.74) is 5.32. The fraction of sp³-hybridized carbons (Fsp3) is 0.125. The summed E-state index contributed by atoms with van der Waals surface area (Å²) in [5.74, 6) is 0. The van der Waals surface area contributed by atoms with Crippen molar-refractivity contribution in [1.29, 1.82) is 5.26 Å². The van der Waals surface area contributed by atoms with Crippen molar-refractivity contribution in [2.24, 2.45) is 0 Å². The minimum atomic E-state index is 0.588. The predicted molar refractivity (Wildman–Crippen MR) is 71.5 cm³/mol. The molecule has 0 saturated heterocycles. The Hall–Kier alpha value is -2.40. The first kappa shape index (κ1) is 12.1. The van der Waals surface area contributed by atoms with Crippen LogP contribution in [0.25, 0.3) is 11.1 Å². The largest absolute Gasteiger partial charge is 0.298 e. The van der Waals surface area contributed by atoms with Crippen LogP contribution in [0.5, 0.6) is 0 Å². The summed E-state index contributed by atoms with van der Waals surface area (Å²) in [4.78, 5) is 10.9. The first-order chi connectivity index (χ1) is 8.67. The zero-order valence-electron chi connectivity index (χ0n) is 10.4. The van der Waals surface area contributed by atoms with E-state index in [0.717, 1.165) is 23.0 Å². The van der Waals surface area contributed by atoms with Crippen LogP contribution in [0.1, 0.15) is 27.0 Å². The third kappa shape index (κ3) is 2.03. The molecule has 0 unspecified atom stereocenters. The van der Waals surface area contributed by atoms with E-state index >= 15 is 0 Å². The molecule has 0 aromatic heterocycles. The molecule has 0 spiro atoms. The minimum absolute atomic E-state index is 0.588. The Kier molecular flexibility index (Phi) is 3.25. The summed E-state index contributed by atoms with van der Waals surface area (Å²) in [6.45, 7) is 4.06. The second kappa shape index (κ2) is 4.85. The molecule has 2 rings (SSSR count). The van der Waals surface area contributed by atoms with Crippen LogP contribution in [0, 0.1) is 25.2 Å². The second-order valence-electron chi connectivity index (χ2n) is 4.28. The smallest absolute Gasteiger partial charge is 0.150 e. The van der Waals surface area contributed by atoms with Crippen molar-refractivity contribution < 1.29 is 4.79 Å². The van der Waals surface area contributed by atoms with E-state index in [2.05, 4.69) is 6.07 Å². The highest BCUT2D eigenvalue weighted by Gasteiger charge is 2.09. The van der Waals surface area contributed by atoms with Crippen molar-refractivity contribution in [2.75, 3.05) is 0 Å². The summed E-state index contributed by atoms with van der Waals surface area (Å²) >= 11 is 0. The molecule has 88 valence electrons. The summed E-state index contributed by atoms with van der Waals surface area (Å²) in [6.07, 6.45) is 0.801. The SMILES string of the molecule is Cc1cccc(-c2cc(C=O)ccc2C#N)c1C. The van der Waals surface area contributed by atoms with E-state index in [4.69, 9.17) is 5.26 Å². The maximum Gasteiger partial charge on any atom is 0.150 e. The molecule has 2 heteroatoms. The lowest BCUT2D eigenvalue weighted by Gasteiger charge is -2.10. The van der Waals surface area contributed by atoms with Crippen LogP contribution in [-0.2, 0) is 0 Å². The third-order valence-electron chi connectivity index (χ3n) is 3.19. The van der Waals surface area contributed by atoms with Gasteiger partial charge >= 0.3 is 0 Å². The molecule has 0 aliphatic rings. The fourth-order valence-corrected chi connectivity index (χ4v) is 2.00. The van der Waals surface area contributed by atoms with E-state index in [1.54, 1.807) is 18.2 Å². The fourth-order valence-electron chi connectivity index (χ4n) is 2.00. The summed E-state index contributed by atoms with van der Waals surface area (Å²) in [6, 6.07) is 13.3. The Morgan fingerprint density at radius 2 is 1.89 bits per heavy atom. The van der Waals surface area contributed by atoms with Gasteiger partial charge in [0.15, 0.2) is 0 Å². The Morgan fingerprint density at radius 3 is 2.56 bits per heavy atom. The average molecular weight is 235 g/mol. The maximum absolute atomic E-state index is 10.9. The van der Waals surface area contributed by atoms with Gasteiger partial charge in [0.05, 0.1) is 11.6 Å². The highest BCUT2D eigenvalue weighted by atomic mass is 16.1. The molecular weight excluding hydrogens is 222 g/mol. The molecule has 0 heterocycles. The lowest BCUT2D eigenvalue weighted by Crippen LogP contribution is -1.92. The lowest BCUT2D eigenvalue weighted by molar-refractivity contribution is 0.112. The number of aryl methyl sites for hydroxylation is 1. The number of carbonyl (C=O) groups is 1. The molecule has 0 aliphatic heterocycles. The average Bonchev–Trinajstić information content (AvgIpc) is 2.41. The Morgan fingerprint density at radius 1 is 1.11 bits per heavy atom. The number of aldehydes is 1. The van der Waals surface area contributed by atoms with Gasteiger partial charge in [-0.2, -0.15) is 5.26 Å². The molecule has 0 radical (unpaired) electrons. The van der Waals surface area contributed by atoms with Crippen molar-refractivity contribution in [3.05, 3.63) is 58.7 Å². The quantitative estimate of drug-likeness (QED) is 0.745. The first-order valence-electron chi connectivity index (χ1n) is 5.73. The van der Waals surface area contributed by atoms with Crippen LogP contribution in [0.3, 0.4) is 0 Å². The molecule has 18 heavy (non-hydrogen) atoms. The van der Waals surface area contributed by atoms with Crippen LogP contribution in [0.2, 0.25) is 0 Å². The maximum atomic E-state index is 10.9. The van der Waals surface area contributed by atoms with Crippen LogP contribution in [-0.4, -0.2) is 6.29 Å². The number of hydrogen-bond acceptors (Lipinski definition) is 2. The summed E-state index contributed by atoms with van der Waals surface area (Å²) in [7, 11) is 0. The van der Waals surface area contributed by atoms with Gasteiger partial charge in [-0.25, -0.2) is 0 Å². The Bertz CT molecular complexity index is 651. The molecule has 0 fully saturated rings. The standard InChI is InChI=1S/C16H13NO/c1-11-4-3-5-15(12(11)2)16-8-13(10-18)6-7-14(16)9-17/h3-8,10H,1-2H3. The minimum Gasteiger partial charge on any atom is -0.298 e. The van der Waals surface area contributed by atoms with Crippen molar-refractivity contribution in [3.63, 3.8) is 0 Å². The Balaban J connectivity index is 2.73. The lowest BCUT2D eigenvalue weighted by atomic mass is 9.93. The van der Waals surface area contributed by atoms with Crippen LogP contribution >= 0.6 is 0 Å². The molecule has 0 N–H and O–H groups in total. The van der Waals surface area contributed by atoms with Crippen LogP contribution in [0.15, 0.2) is 36.4 Å². The molecule has 2 aromatic carbocycles. The zero-order valence-corrected chi connectivity index (χ0v) is 10.4. The van der Waals surface area contributed by atoms with Gasteiger partial charge in [0.2, 0.25) is 0 Å². The zero-order chi connectivity index (χ0) is 13.1. The number of hydrogen-bond donors (Lipinski definition) is 0. The monoisotopic (exact) mass is 235 g/mol. The van der Waals surface area contributed by atoms with Gasteiger partial charge < -0.3 is 0 Å². The molecule has 0 atom stereocenters. The van der Waals surface area contributed by atoms with Crippen molar-refractivity contribution >= 4 is 6.29 Å². The van der Waals surface area contributed by atoms with Gasteiger partial charge in [-0.15, -0.1) is 0 Å². The Labute approximate surface area is 107 Å². The summed E-state index contributed by atoms with van der Waals surface area (Å²) in [5, 5.41) is 9.17. The highest BCUT2D eigenvalue weighted by molar-refractivity contribution is 5.82. The topological polar surface area (TPSA) is 40.9 Å². The molecule has 2 nitrogen and oxygen atoms in total.